The van der Waals surface area contributed by atoms with E-state index in [9.17, 15) is 17.6 Å². The van der Waals surface area contributed by atoms with Gasteiger partial charge >= 0.3 is 6.18 Å². The van der Waals surface area contributed by atoms with Crippen LogP contribution in [0.2, 0.25) is 0 Å². The van der Waals surface area contributed by atoms with E-state index in [2.05, 4.69) is 37.0 Å². The fourth-order valence-corrected chi connectivity index (χ4v) is 7.17. The van der Waals surface area contributed by atoms with E-state index in [1.165, 1.54) is 44.8 Å². The standard InChI is InChI=1S/C33H41F5N8/c1-3-44-12-8-32(9-13-44)10-14-45(15-11-32)20-22(18-39)5-4-21(2)41-31-40-19-25(35)29(43-31)23-16-24(34)30-26(17-23)46-27(33(36,37)38)6-7-28(46)42-30/h4-5,16-19,21,27H,3,6-15,20,39H2,1-2H3,(H,40,41,43)/b5-4-,22-18+/t21?,27-/m0/s1. The predicted octanol–water partition coefficient (Wildman–Crippen LogP) is 6.22. The average molecular weight is 645 g/mol. The Labute approximate surface area is 265 Å². The Morgan fingerprint density at radius 1 is 1.07 bits per heavy atom. The molecule has 2 aromatic heterocycles. The topological polar surface area (TPSA) is 88.1 Å². The maximum Gasteiger partial charge on any atom is 0.409 e. The van der Waals surface area contributed by atoms with Gasteiger partial charge in [-0.25, -0.2) is 23.7 Å². The van der Waals surface area contributed by atoms with Crippen LogP contribution in [0.4, 0.5) is 27.9 Å². The number of halogens is 5. The van der Waals surface area contributed by atoms with Gasteiger partial charge in [0.25, 0.3) is 0 Å². The van der Waals surface area contributed by atoms with E-state index < -0.39 is 23.9 Å². The van der Waals surface area contributed by atoms with Crippen molar-refractivity contribution in [3.63, 3.8) is 0 Å². The molecule has 8 nitrogen and oxygen atoms in total. The first-order valence-corrected chi connectivity index (χ1v) is 16.1. The number of nitrogens with one attached hydrogen (secondary N) is 1. The van der Waals surface area contributed by atoms with E-state index in [1.807, 2.05) is 19.1 Å². The summed E-state index contributed by atoms with van der Waals surface area (Å²) in [6.45, 7) is 10.5. The number of nitrogens with zero attached hydrogens (tertiary/aromatic N) is 6. The lowest BCUT2D eigenvalue weighted by atomic mass is 9.71. The van der Waals surface area contributed by atoms with Gasteiger partial charge in [0, 0.05) is 24.6 Å². The minimum absolute atomic E-state index is 0.000695. The molecule has 0 radical (unpaired) electrons. The Hall–Kier alpha value is -3.58. The summed E-state index contributed by atoms with van der Waals surface area (Å²) in [6.07, 6.45) is 6.78. The fraction of sp³-hybridized carbons (Fsp3) is 0.545. The lowest BCUT2D eigenvalue weighted by Crippen LogP contribution is -2.47. The molecular weight excluding hydrogens is 603 g/mol. The van der Waals surface area contributed by atoms with Gasteiger partial charge in [-0.05, 0) is 101 Å². The maximum absolute atomic E-state index is 15.1. The molecule has 0 saturated carbocycles. The van der Waals surface area contributed by atoms with E-state index in [0.717, 1.165) is 48.6 Å². The van der Waals surface area contributed by atoms with Gasteiger partial charge in [0.05, 0.1) is 11.7 Å². The van der Waals surface area contributed by atoms with Crippen LogP contribution in [-0.2, 0) is 6.42 Å². The molecule has 1 spiro atoms. The van der Waals surface area contributed by atoms with E-state index in [1.54, 1.807) is 6.20 Å². The number of nitrogens with two attached hydrogens (primary N) is 1. The molecule has 2 saturated heterocycles. The van der Waals surface area contributed by atoms with Crippen molar-refractivity contribution >= 4 is 17.0 Å². The maximum atomic E-state index is 15.1. The molecule has 248 valence electrons. The SMILES string of the molecule is CCN1CCC2(CC1)CCN(CC(/C=C\C(C)Nc1ncc(F)c(-c3cc(F)c4nc5n(c4c3)[C@H](C(F)(F)F)CC5)n1)=C/N)CC2. The summed E-state index contributed by atoms with van der Waals surface area (Å²) in [6, 6.07) is 0.268. The largest absolute Gasteiger partial charge is 0.409 e. The molecular formula is C33H41F5N8. The van der Waals surface area contributed by atoms with Gasteiger partial charge in [0.15, 0.2) is 11.6 Å². The second kappa shape index (κ2) is 12.9. The Kier molecular flexibility index (Phi) is 9.08. The summed E-state index contributed by atoms with van der Waals surface area (Å²) >= 11 is 0. The second-order valence-corrected chi connectivity index (χ2v) is 13.0. The summed E-state index contributed by atoms with van der Waals surface area (Å²) in [5, 5.41) is 3.10. The first-order chi connectivity index (χ1) is 22.0. The zero-order valence-electron chi connectivity index (χ0n) is 26.3. The molecule has 3 N–H and O–H groups in total. The number of anilines is 1. The number of likely N-dealkylation sites (tertiary alicyclic amines) is 2. The van der Waals surface area contributed by atoms with Crippen LogP contribution in [0, 0.1) is 17.0 Å². The smallest absolute Gasteiger partial charge is 0.404 e. The average Bonchev–Trinajstić information content (AvgIpc) is 3.62. The molecule has 0 aliphatic carbocycles. The summed E-state index contributed by atoms with van der Waals surface area (Å²) < 4.78 is 72.1. The molecule has 3 aliphatic heterocycles. The fourth-order valence-electron chi connectivity index (χ4n) is 7.17. The molecule has 2 fully saturated rings. The van der Waals surface area contributed by atoms with Crippen LogP contribution in [-0.4, -0.2) is 80.8 Å². The molecule has 13 heteroatoms. The molecule has 3 aromatic rings. The van der Waals surface area contributed by atoms with Crippen LogP contribution in [0.3, 0.4) is 0 Å². The van der Waals surface area contributed by atoms with Gasteiger partial charge in [-0.2, -0.15) is 13.2 Å². The number of fused-ring (bicyclic) bond motifs is 3. The number of rotatable bonds is 8. The Morgan fingerprint density at radius 3 is 2.41 bits per heavy atom. The molecule has 0 amide bonds. The summed E-state index contributed by atoms with van der Waals surface area (Å²) in [5.74, 6) is -1.42. The predicted molar refractivity (Wildman–Crippen MR) is 168 cm³/mol. The van der Waals surface area contributed by atoms with Crippen molar-refractivity contribution in [1.29, 1.82) is 0 Å². The van der Waals surface area contributed by atoms with Crippen molar-refractivity contribution in [3.05, 3.63) is 59.7 Å². The number of hydrogen-bond donors (Lipinski definition) is 2. The summed E-state index contributed by atoms with van der Waals surface area (Å²) in [5.41, 5.74) is 6.98. The first kappa shape index (κ1) is 32.4. The highest BCUT2D eigenvalue weighted by Gasteiger charge is 2.46. The quantitative estimate of drug-likeness (QED) is 0.223. The number of aryl methyl sites for hydroxylation is 1. The van der Waals surface area contributed by atoms with Crippen LogP contribution in [0.15, 0.2) is 42.3 Å². The zero-order valence-corrected chi connectivity index (χ0v) is 26.3. The molecule has 46 heavy (non-hydrogen) atoms. The van der Waals surface area contributed by atoms with Crippen molar-refractivity contribution < 1.29 is 22.0 Å². The highest BCUT2D eigenvalue weighted by molar-refractivity contribution is 5.83. The van der Waals surface area contributed by atoms with Crippen LogP contribution in [0.25, 0.3) is 22.3 Å². The van der Waals surface area contributed by atoms with E-state index in [4.69, 9.17) is 5.73 Å². The third-order valence-corrected chi connectivity index (χ3v) is 10.0. The number of aromatic nitrogens is 4. The molecule has 1 unspecified atom stereocenters. The van der Waals surface area contributed by atoms with Gasteiger partial charge in [-0.1, -0.05) is 19.1 Å². The molecule has 3 aliphatic rings. The van der Waals surface area contributed by atoms with Gasteiger partial charge in [-0.15, -0.1) is 0 Å². The number of imidazole rings is 1. The Morgan fingerprint density at radius 2 is 1.76 bits per heavy atom. The number of hydrogen-bond acceptors (Lipinski definition) is 7. The normalized spacial score (nSPS) is 21.8. The minimum atomic E-state index is -4.52. The highest BCUT2D eigenvalue weighted by Crippen LogP contribution is 2.43. The third kappa shape index (κ3) is 6.62. The number of alkyl halides is 3. The van der Waals surface area contributed by atoms with Crippen LogP contribution >= 0.6 is 0 Å². The molecule has 1 aromatic carbocycles. The Bertz CT molecular complexity index is 1610. The number of benzene rings is 1. The van der Waals surface area contributed by atoms with Gasteiger partial charge in [0.1, 0.15) is 23.1 Å². The van der Waals surface area contributed by atoms with Crippen molar-refractivity contribution in [2.24, 2.45) is 11.1 Å². The molecule has 6 rings (SSSR count). The van der Waals surface area contributed by atoms with Crippen LogP contribution < -0.4 is 11.1 Å². The van der Waals surface area contributed by atoms with Crippen molar-refractivity contribution in [1.82, 2.24) is 29.3 Å². The van der Waals surface area contributed by atoms with Gasteiger partial charge < -0.3 is 20.5 Å². The summed E-state index contributed by atoms with van der Waals surface area (Å²) in [7, 11) is 0. The monoisotopic (exact) mass is 644 g/mol. The van der Waals surface area contributed by atoms with E-state index in [-0.39, 0.29) is 52.9 Å². The van der Waals surface area contributed by atoms with Crippen molar-refractivity contribution in [3.8, 4) is 11.3 Å². The first-order valence-electron chi connectivity index (χ1n) is 16.1. The molecule has 2 atom stereocenters. The molecule has 0 bridgehead atoms. The number of piperidine rings is 2. The second-order valence-electron chi connectivity index (χ2n) is 13.0. The van der Waals surface area contributed by atoms with Crippen molar-refractivity contribution in [2.45, 2.75) is 70.6 Å². The molecule has 5 heterocycles. The van der Waals surface area contributed by atoms with Crippen LogP contribution in [0.1, 0.15) is 57.8 Å². The minimum Gasteiger partial charge on any atom is -0.404 e. The van der Waals surface area contributed by atoms with Gasteiger partial charge in [-0.3, -0.25) is 4.90 Å². The van der Waals surface area contributed by atoms with Crippen LogP contribution in [0.5, 0.6) is 0 Å². The lowest BCUT2D eigenvalue weighted by Gasteiger charge is -2.47. The van der Waals surface area contributed by atoms with Crippen molar-refractivity contribution in [2.75, 3.05) is 44.6 Å². The highest BCUT2D eigenvalue weighted by atomic mass is 19.4. The lowest BCUT2D eigenvalue weighted by molar-refractivity contribution is -0.164. The zero-order chi connectivity index (χ0) is 32.6. The Balaban J connectivity index is 1.11. The third-order valence-electron chi connectivity index (χ3n) is 10.0. The van der Waals surface area contributed by atoms with E-state index >= 15 is 4.39 Å². The van der Waals surface area contributed by atoms with E-state index in [0.29, 0.717) is 5.41 Å². The summed E-state index contributed by atoms with van der Waals surface area (Å²) in [4.78, 5) is 17.4. The van der Waals surface area contributed by atoms with Gasteiger partial charge in [0.2, 0.25) is 5.95 Å².